The molecule has 0 saturated heterocycles. The monoisotopic (exact) mass is 613 g/mol. The highest BCUT2D eigenvalue weighted by molar-refractivity contribution is 6.03. The molecule has 9 rings (SSSR count). The molecule has 2 nitrogen and oxygen atoms in total. The van der Waals surface area contributed by atoms with Gasteiger partial charge in [0.15, 0.2) is 0 Å². The van der Waals surface area contributed by atoms with Gasteiger partial charge in [-0.3, -0.25) is 0 Å². The number of nitrogens with zero attached hydrogens (tertiary/aromatic N) is 1. The van der Waals surface area contributed by atoms with Crippen LogP contribution in [0.5, 0.6) is 0 Å². The lowest BCUT2D eigenvalue weighted by molar-refractivity contribution is 0.632. The minimum atomic E-state index is 0.867. The summed E-state index contributed by atoms with van der Waals surface area (Å²) in [5, 5.41) is 5.98. The van der Waals surface area contributed by atoms with Crippen LogP contribution < -0.4 is 4.90 Å². The van der Waals surface area contributed by atoms with Gasteiger partial charge in [-0.25, -0.2) is 0 Å². The van der Waals surface area contributed by atoms with Crippen molar-refractivity contribution < 1.29 is 4.42 Å². The summed E-state index contributed by atoms with van der Waals surface area (Å²) in [7, 11) is 0. The van der Waals surface area contributed by atoms with Gasteiger partial charge in [-0.15, -0.1) is 0 Å². The topological polar surface area (TPSA) is 16.4 Å². The smallest absolute Gasteiger partial charge is 0.143 e. The molecule has 9 aromatic rings. The Balaban J connectivity index is 1.26. The van der Waals surface area contributed by atoms with E-state index in [1.54, 1.807) is 0 Å². The van der Waals surface area contributed by atoms with E-state index in [1.807, 2.05) is 6.07 Å². The molecule has 0 aliphatic heterocycles. The molecule has 0 saturated carbocycles. The lowest BCUT2D eigenvalue weighted by Crippen LogP contribution is -2.10. The molecule has 1 aromatic heterocycles. The largest absolute Gasteiger partial charge is 0.455 e. The van der Waals surface area contributed by atoms with E-state index in [4.69, 9.17) is 4.42 Å². The number of benzene rings is 8. The second kappa shape index (κ2) is 11.8. The van der Waals surface area contributed by atoms with E-state index in [0.717, 1.165) is 50.5 Å². The maximum absolute atomic E-state index is 6.66. The van der Waals surface area contributed by atoms with Gasteiger partial charge in [0.05, 0.1) is 5.69 Å². The molecule has 0 radical (unpaired) electrons. The molecule has 0 unspecified atom stereocenters. The van der Waals surface area contributed by atoms with Crippen LogP contribution in [-0.4, -0.2) is 0 Å². The fraction of sp³-hybridized carbons (Fsp3) is 0. The highest BCUT2D eigenvalue weighted by Crippen LogP contribution is 2.45. The summed E-state index contributed by atoms with van der Waals surface area (Å²) in [6.07, 6.45) is 0. The first kappa shape index (κ1) is 27.9. The van der Waals surface area contributed by atoms with Crippen LogP contribution in [0.1, 0.15) is 0 Å². The van der Waals surface area contributed by atoms with Crippen LogP contribution in [0, 0.1) is 0 Å². The number of anilines is 3. The Morgan fingerprint density at radius 2 is 0.917 bits per heavy atom. The van der Waals surface area contributed by atoms with Crippen molar-refractivity contribution in [2.24, 2.45) is 0 Å². The van der Waals surface area contributed by atoms with Gasteiger partial charge < -0.3 is 9.32 Å². The minimum absolute atomic E-state index is 0.867. The zero-order chi connectivity index (χ0) is 31.9. The highest BCUT2D eigenvalue weighted by atomic mass is 16.3. The Hall–Kier alpha value is -6.38. The highest BCUT2D eigenvalue weighted by Gasteiger charge is 2.21. The Kier molecular flexibility index (Phi) is 6.84. The van der Waals surface area contributed by atoms with E-state index in [-0.39, 0.29) is 0 Å². The summed E-state index contributed by atoms with van der Waals surface area (Å²) in [5.74, 6) is 0.867. The molecule has 2 heteroatoms. The molecule has 0 atom stereocenters. The second-order valence-corrected chi connectivity index (χ2v) is 12.1. The second-order valence-electron chi connectivity index (χ2n) is 12.1. The van der Waals surface area contributed by atoms with Crippen molar-refractivity contribution in [2.75, 3.05) is 4.90 Å². The first-order valence-corrected chi connectivity index (χ1v) is 16.4. The first-order valence-electron chi connectivity index (χ1n) is 16.4. The van der Waals surface area contributed by atoms with Crippen LogP contribution >= 0.6 is 0 Å². The van der Waals surface area contributed by atoms with Crippen LogP contribution in [0.4, 0.5) is 17.1 Å². The third kappa shape index (κ3) is 4.83. The van der Waals surface area contributed by atoms with Crippen molar-refractivity contribution in [1.82, 2.24) is 0 Å². The Bertz CT molecular complexity index is 2570. The van der Waals surface area contributed by atoms with Gasteiger partial charge in [-0.2, -0.15) is 0 Å². The van der Waals surface area contributed by atoms with E-state index in [0.29, 0.717) is 0 Å². The predicted octanol–water partition coefficient (Wildman–Crippen LogP) is 13.2. The van der Waals surface area contributed by atoms with Crippen molar-refractivity contribution in [2.45, 2.75) is 0 Å². The SMILES string of the molecule is c1ccc(-c2c(-c3cccc(N(c4cccc(-c5cccc6ccccc56)c4)c4cccc5ccccc45)c3)oc3ccccc23)cc1. The molecular weight excluding hydrogens is 583 g/mol. The van der Waals surface area contributed by atoms with Gasteiger partial charge in [0, 0.05) is 33.3 Å². The summed E-state index contributed by atoms with van der Waals surface area (Å²) in [5.41, 5.74) is 9.80. The Morgan fingerprint density at radius 1 is 0.375 bits per heavy atom. The molecule has 0 aliphatic rings. The maximum Gasteiger partial charge on any atom is 0.143 e. The molecular formula is C46H31NO. The normalized spacial score (nSPS) is 11.3. The summed E-state index contributed by atoms with van der Waals surface area (Å²) < 4.78 is 6.66. The first-order chi connectivity index (χ1) is 23.8. The molecule has 1 heterocycles. The molecule has 0 bridgehead atoms. The van der Waals surface area contributed by atoms with Crippen molar-refractivity contribution >= 4 is 49.6 Å². The number of hydrogen-bond donors (Lipinski definition) is 0. The van der Waals surface area contributed by atoms with Gasteiger partial charge in [0.1, 0.15) is 11.3 Å². The van der Waals surface area contributed by atoms with Gasteiger partial charge in [-0.1, -0.05) is 152 Å². The molecule has 0 fully saturated rings. The number of para-hydroxylation sites is 1. The third-order valence-electron chi connectivity index (χ3n) is 9.24. The lowest BCUT2D eigenvalue weighted by Gasteiger charge is -2.28. The number of rotatable bonds is 6. The maximum atomic E-state index is 6.66. The zero-order valence-corrected chi connectivity index (χ0v) is 26.3. The molecule has 0 spiro atoms. The van der Waals surface area contributed by atoms with Crippen molar-refractivity contribution in [1.29, 1.82) is 0 Å². The molecule has 0 N–H and O–H groups in total. The number of furan rings is 1. The average Bonchev–Trinajstić information content (AvgIpc) is 3.55. The molecule has 8 aromatic carbocycles. The van der Waals surface area contributed by atoms with E-state index in [9.17, 15) is 0 Å². The summed E-state index contributed by atoms with van der Waals surface area (Å²) >= 11 is 0. The number of hydrogen-bond acceptors (Lipinski definition) is 2. The molecule has 0 aliphatic carbocycles. The van der Waals surface area contributed by atoms with Gasteiger partial charge in [-0.05, 0) is 69.2 Å². The van der Waals surface area contributed by atoms with Gasteiger partial charge >= 0.3 is 0 Å². The number of fused-ring (bicyclic) bond motifs is 3. The van der Waals surface area contributed by atoms with Crippen molar-refractivity contribution in [3.8, 4) is 33.6 Å². The van der Waals surface area contributed by atoms with Crippen LogP contribution in [0.3, 0.4) is 0 Å². The summed E-state index contributed by atoms with van der Waals surface area (Å²) in [6.45, 7) is 0. The van der Waals surface area contributed by atoms with E-state index in [2.05, 4.69) is 187 Å². The van der Waals surface area contributed by atoms with E-state index in [1.165, 1.54) is 32.7 Å². The van der Waals surface area contributed by atoms with Crippen LogP contribution in [0.15, 0.2) is 192 Å². The molecule has 226 valence electrons. The Morgan fingerprint density at radius 3 is 1.71 bits per heavy atom. The van der Waals surface area contributed by atoms with Gasteiger partial charge in [0.2, 0.25) is 0 Å². The van der Waals surface area contributed by atoms with Crippen molar-refractivity contribution in [3.05, 3.63) is 188 Å². The van der Waals surface area contributed by atoms with E-state index < -0.39 is 0 Å². The molecule has 48 heavy (non-hydrogen) atoms. The van der Waals surface area contributed by atoms with Crippen LogP contribution in [0.25, 0.3) is 66.1 Å². The molecule has 0 amide bonds. The standard InChI is InChI=1S/C46H31NO/c1-2-16-34(17-3-1)45-42-26-8-9-29-44(42)48-46(45)36-21-11-23-38(31-36)47(43-28-13-19-33-15-5-7-25-41(33)43)37-22-10-20-35(30-37)40-27-12-18-32-14-4-6-24-39(32)40/h1-31H. The van der Waals surface area contributed by atoms with Crippen molar-refractivity contribution in [3.63, 3.8) is 0 Å². The van der Waals surface area contributed by atoms with E-state index >= 15 is 0 Å². The quantitative estimate of drug-likeness (QED) is 0.185. The third-order valence-corrected chi connectivity index (χ3v) is 9.24. The lowest BCUT2D eigenvalue weighted by atomic mass is 9.97. The zero-order valence-electron chi connectivity index (χ0n) is 26.3. The predicted molar refractivity (Wildman–Crippen MR) is 202 cm³/mol. The fourth-order valence-electron chi connectivity index (χ4n) is 7.05. The fourth-order valence-corrected chi connectivity index (χ4v) is 7.05. The summed E-state index contributed by atoms with van der Waals surface area (Å²) in [6, 6.07) is 66.8. The summed E-state index contributed by atoms with van der Waals surface area (Å²) in [4.78, 5) is 2.38. The Labute approximate surface area is 279 Å². The van der Waals surface area contributed by atoms with Crippen LogP contribution in [-0.2, 0) is 0 Å². The van der Waals surface area contributed by atoms with Crippen LogP contribution in [0.2, 0.25) is 0 Å². The van der Waals surface area contributed by atoms with Gasteiger partial charge in [0.25, 0.3) is 0 Å². The minimum Gasteiger partial charge on any atom is -0.455 e. The average molecular weight is 614 g/mol.